The molecule has 7 heteroatoms. The lowest BCUT2D eigenvalue weighted by Crippen LogP contribution is -2.16. The largest absolute Gasteiger partial charge is 0.386 e. The highest BCUT2D eigenvalue weighted by Gasteiger charge is 2.24. The molecule has 166 valence electrons. The Hall–Kier alpha value is -1.38. The van der Waals surface area contributed by atoms with Gasteiger partial charge < -0.3 is 15.2 Å². The SMILES string of the molecule is CC(C)(O)c1csc(SN)c1.CC(C)c1cc2c(c(C(C)C)c1CNC=O)COC2. The summed E-state index contributed by atoms with van der Waals surface area (Å²) in [7, 11) is 0. The Morgan fingerprint density at radius 1 is 1.27 bits per heavy atom. The summed E-state index contributed by atoms with van der Waals surface area (Å²) in [6.45, 7) is 14.4. The molecule has 0 spiro atoms. The zero-order chi connectivity index (χ0) is 22.5. The van der Waals surface area contributed by atoms with E-state index in [1.54, 1.807) is 25.2 Å². The van der Waals surface area contributed by atoms with Gasteiger partial charge in [0.15, 0.2) is 0 Å². The molecule has 5 nitrogen and oxygen atoms in total. The molecule has 30 heavy (non-hydrogen) atoms. The van der Waals surface area contributed by atoms with Crippen LogP contribution in [0.1, 0.15) is 86.8 Å². The van der Waals surface area contributed by atoms with Crippen LogP contribution in [0.15, 0.2) is 21.7 Å². The maximum atomic E-state index is 10.6. The number of rotatable bonds is 7. The Kier molecular flexibility index (Phi) is 8.94. The minimum atomic E-state index is -0.746. The number of amides is 1. The number of nitrogens with one attached hydrogen (secondary N) is 1. The van der Waals surface area contributed by atoms with Crippen LogP contribution >= 0.6 is 23.3 Å². The van der Waals surface area contributed by atoms with E-state index in [1.165, 1.54) is 39.8 Å². The van der Waals surface area contributed by atoms with Crippen LogP contribution in [0.3, 0.4) is 0 Å². The predicted molar refractivity (Wildman–Crippen MR) is 126 cm³/mol. The van der Waals surface area contributed by atoms with Gasteiger partial charge in [0.05, 0.1) is 23.0 Å². The normalized spacial score (nSPS) is 13.3. The Balaban J connectivity index is 0.000000248. The first-order valence-electron chi connectivity index (χ1n) is 10.2. The van der Waals surface area contributed by atoms with Crippen LogP contribution in [0.2, 0.25) is 0 Å². The summed E-state index contributed by atoms with van der Waals surface area (Å²) in [5.41, 5.74) is 6.82. The maximum Gasteiger partial charge on any atom is 0.207 e. The lowest BCUT2D eigenvalue weighted by Gasteiger charge is -2.23. The number of nitrogens with two attached hydrogens (primary N) is 1. The molecule has 4 N–H and O–H groups in total. The molecule has 0 fully saturated rings. The molecule has 0 saturated carbocycles. The van der Waals surface area contributed by atoms with E-state index in [9.17, 15) is 9.90 Å². The Labute approximate surface area is 188 Å². The smallest absolute Gasteiger partial charge is 0.207 e. The third-order valence-corrected chi connectivity index (χ3v) is 6.83. The molecule has 0 aliphatic carbocycles. The van der Waals surface area contributed by atoms with E-state index in [0.29, 0.717) is 25.0 Å². The van der Waals surface area contributed by atoms with Crippen LogP contribution in [0.4, 0.5) is 0 Å². The van der Waals surface area contributed by atoms with Crippen LogP contribution in [0.5, 0.6) is 0 Å². The highest BCUT2D eigenvalue weighted by molar-refractivity contribution is 7.99. The number of hydrogen-bond acceptors (Lipinski definition) is 6. The fraction of sp³-hybridized carbons (Fsp3) is 0.522. The van der Waals surface area contributed by atoms with Gasteiger partial charge in [-0.2, -0.15) is 0 Å². The zero-order valence-electron chi connectivity index (χ0n) is 18.7. The van der Waals surface area contributed by atoms with Gasteiger partial charge in [-0.15, -0.1) is 11.3 Å². The standard InChI is InChI=1S/C16H23NO2.C7H11NOS2/c1-10(2)13-5-12-7-19-8-15(12)16(11(3)4)14(13)6-17-9-18;1-7(2,9)5-3-6(11-8)10-4-5/h5,9-11H,6-8H2,1-4H3,(H,17,18);3-4,9H,8H2,1-2H3. The average Bonchev–Trinajstić information content (AvgIpc) is 3.33. The lowest BCUT2D eigenvalue weighted by molar-refractivity contribution is -0.109. The molecular formula is C23H34N2O3S2. The van der Waals surface area contributed by atoms with Crippen molar-refractivity contribution in [2.75, 3.05) is 0 Å². The summed E-state index contributed by atoms with van der Waals surface area (Å²) >= 11 is 2.77. The molecule has 2 aromatic rings. The quantitative estimate of drug-likeness (QED) is 0.401. The van der Waals surface area contributed by atoms with Crippen LogP contribution in [0.25, 0.3) is 0 Å². The summed E-state index contributed by atoms with van der Waals surface area (Å²) in [6, 6.07) is 4.18. The molecule has 0 bridgehead atoms. The van der Waals surface area contributed by atoms with Crippen LogP contribution < -0.4 is 10.5 Å². The number of thiophene rings is 1. The third-order valence-electron chi connectivity index (χ3n) is 5.18. The van der Waals surface area contributed by atoms with Gasteiger partial charge >= 0.3 is 0 Å². The Bertz CT molecular complexity index is 855. The topological polar surface area (TPSA) is 84.6 Å². The van der Waals surface area contributed by atoms with Crippen molar-refractivity contribution in [2.45, 2.75) is 82.9 Å². The number of aliphatic hydroxyl groups is 1. The van der Waals surface area contributed by atoms with E-state index < -0.39 is 5.60 Å². The minimum absolute atomic E-state index is 0.442. The zero-order valence-corrected chi connectivity index (χ0v) is 20.4. The van der Waals surface area contributed by atoms with E-state index in [2.05, 4.69) is 39.1 Å². The van der Waals surface area contributed by atoms with Gasteiger partial charge in [-0.3, -0.25) is 9.93 Å². The van der Waals surface area contributed by atoms with Crippen molar-refractivity contribution in [1.29, 1.82) is 0 Å². The number of benzene rings is 1. The molecule has 0 saturated heterocycles. The first-order valence-corrected chi connectivity index (χ1v) is 12.0. The van der Waals surface area contributed by atoms with E-state index >= 15 is 0 Å². The molecule has 1 aromatic heterocycles. The first kappa shape index (κ1) is 24.9. The van der Waals surface area contributed by atoms with Crippen LogP contribution in [-0.2, 0) is 34.9 Å². The number of hydrogen-bond donors (Lipinski definition) is 3. The van der Waals surface area contributed by atoms with Crippen molar-refractivity contribution < 1.29 is 14.6 Å². The summed E-state index contributed by atoms with van der Waals surface area (Å²) in [6.07, 6.45) is 0.776. The molecule has 1 aliphatic heterocycles. The van der Waals surface area contributed by atoms with Gasteiger partial charge in [0.25, 0.3) is 0 Å². The number of fused-ring (bicyclic) bond motifs is 1. The van der Waals surface area contributed by atoms with E-state index in [-0.39, 0.29) is 0 Å². The van der Waals surface area contributed by atoms with E-state index in [4.69, 9.17) is 9.88 Å². The monoisotopic (exact) mass is 450 g/mol. The molecule has 0 atom stereocenters. The van der Waals surface area contributed by atoms with Crippen molar-refractivity contribution in [2.24, 2.45) is 5.14 Å². The molecule has 1 amide bonds. The minimum Gasteiger partial charge on any atom is -0.386 e. The maximum absolute atomic E-state index is 10.6. The number of ether oxygens (including phenoxy) is 1. The molecule has 0 unspecified atom stereocenters. The molecule has 1 aliphatic rings. The van der Waals surface area contributed by atoms with Gasteiger partial charge in [0.2, 0.25) is 6.41 Å². The molecule has 2 heterocycles. The number of carbonyl (C=O) groups is 1. The second-order valence-corrected chi connectivity index (χ2v) is 10.5. The summed E-state index contributed by atoms with van der Waals surface area (Å²) < 4.78 is 6.64. The van der Waals surface area contributed by atoms with Crippen molar-refractivity contribution in [3.63, 3.8) is 0 Å². The molecular weight excluding hydrogens is 416 g/mol. The summed E-state index contributed by atoms with van der Waals surface area (Å²) in [5, 5.41) is 19.7. The van der Waals surface area contributed by atoms with Crippen molar-refractivity contribution in [3.8, 4) is 0 Å². The van der Waals surface area contributed by atoms with Gasteiger partial charge in [0.1, 0.15) is 0 Å². The fourth-order valence-corrected chi connectivity index (χ4v) is 5.04. The first-order chi connectivity index (χ1) is 14.1. The Morgan fingerprint density at radius 2 is 1.97 bits per heavy atom. The van der Waals surface area contributed by atoms with E-state index in [1.807, 2.05) is 11.4 Å². The second-order valence-electron chi connectivity index (χ2n) is 8.63. The van der Waals surface area contributed by atoms with E-state index in [0.717, 1.165) is 22.8 Å². The van der Waals surface area contributed by atoms with Crippen molar-refractivity contribution >= 4 is 29.7 Å². The highest BCUT2D eigenvalue weighted by atomic mass is 32.2. The van der Waals surface area contributed by atoms with Crippen molar-refractivity contribution in [1.82, 2.24) is 5.32 Å². The molecule has 0 radical (unpaired) electrons. The Morgan fingerprint density at radius 3 is 2.43 bits per heavy atom. The molecule has 3 rings (SSSR count). The van der Waals surface area contributed by atoms with Crippen LogP contribution in [-0.4, -0.2) is 11.5 Å². The predicted octanol–water partition coefficient (Wildman–Crippen LogP) is 5.15. The van der Waals surface area contributed by atoms with Crippen LogP contribution in [0, 0.1) is 0 Å². The average molecular weight is 451 g/mol. The van der Waals surface area contributed by atoms with Crippen molar-refractivity contribution in [3.05, 3.63) is 50.9 Å². The molecule has 1 aromatic carbocycles. The summed E-state index contributed by atoms with van der Waals surface area (Å²) in [5.74, 6) is 0.893. The second kappa shape index (κ2) is 10.8. The van der Waals surface area contributed by atoms with Gasteiger partial charge in [-0.05, 0) is 82.5 Å². The number of carbonyl (C=O) groups excluding carboxylic acids is 1. The summed E-state index contributed by atoms with van der Waals surface area (Å²) in [4.78, 5) is 10.6. The van der Waals surface area contributed by atoms with Gasteiger partial charge in [-0.25, -0.2) is 0 Å². The highest BCUT2D eigenvalue weighted by Crippen LogP contribution is 2.36. The van der Waals surface area contributed by atoms with Gasteiger partial charge in [0, 0.05) is 6.54 Å². The third kappa shape index (κ3) is 6.08. The van der Waals surface area contributed by atoms with Gasteiger partial charge in [-0.1, -0.05) is 33.8 Å². The lowest BCUT2D eigenvalue weighted by atomic mass is 9.83. The fourth-order valence-electron chi connectivity index (χ4n) is 3.69.